The van der Waals surface area contributed by atoms with Crippen molar-refractivity contribution in [2.75, 3.05) is 24.3 Å². The number of hydrogen-bond acceptors (Lipinski definition) is 5. The Morgan fingerprint density at radius 3 is 2.47 bits per heavy atom. The molecule has 1 fully saturated rings. The Bertz CT molecular complexity index is 1100. The maximum absolute atomic E-state index is 13.3. The molecule has 0 spiro atoms. The first-order valence-electron chi connectivity index (χ1n) is 11.3. The lowest BCUT2D eigenvalue weighted by Crippen LogP contribution is -2.53. The average Bonchev–Trinajstić information content (AvgIpc) is 2.75. The van der Waals surface area contributed by atoms with Crippen LogP contribution in [0.3, 0.4) is 0 Å². The Balaban J connectivity index is 1.48. The van der Waals surface area contributed by atoms with Gasteiger partial charge in [-0.1, -0.05) is 6.07 Å². The molecule has 0 bridgehead atoms. The van der Waals surface area contributed by atoms with Crippen molar-refractivity contribution in [2.45, 2.75) is 51.4 Å². The summed E-state index contributed by atoms with van der Waals surface area (Å²) in [6, 6.07) is 10.1. The van der Waals surface area contributed by atoms with Crippen LogP contribution >= 0.6 is 0 Å². The zero-order valence-corrected chi connectivity index (χ0v) is 19.5. The number of aliphatic carboxylic acids is 1. The zero-order valence-electron chi connectivity index (χ0n) is 19.5. The second kappa shape index (κ2) is 9.72. The van der Waals surface area contributed by atoms with Crippen molar-refractivity contribution in [3.05, 3.63) is 53.1 Å². The number of hydrogen-bond donors (Lipinski definition) is 3. The van der Waals surface area contributed by atoms with E-state index in [9.17, 15) is 14.4 Å². The number of amides is 3. The van der Waals surface area contributed by atoms with Gasteiger partial charge in [-0.2, -0.15) is 0 Å². The molecule has 1 saturated heterocycles. The second-order valence-electron chi connectivity index (χ2n) is 8.93. The second-order valence-corrected chi connectivity index (χ2v) is 8.93. The van der Waals surface area contributed by atoms with Crippen LogP contribution in [0.5, 0.6) is 5.75 Å². The van der Waals surface area contributed by atoms with Crippen molar-refractivity contribution in [3.63, 3.8) is 0 Å². The van der Waals surface area contributed by atoms with Gasteiger partial charge in [-0.3, -0.25) is 9.59 Å². The third-order valence-corrected chi connectivity index (χ3v) is 6.15. The van der Waals surface area contributed by atoms with E-state index >= 15 is 0 Å². The van der Waals surface area contributed by atoms with Crippen LogP contribution in [0.4, 0.5) is 16.2 Å². The number of aryl methyl sites for hydroxylation is 2. The van der Waals surface area contributed by atoms with Gasteiger partial charge in [0.1, 0.15) is 18.5 Å². The molecule has 0 unspecified atom stereocenters. The molecule has 2 aromatic rings. The van der Waals surface area contributed by atoms with E-state index in [0.717, 1.165) is 11.1 Å². The Hall–Kier alpha value is -3.59. The monoisotopic (exact) mass is 467 g/mol. The molecule has 3 amide bonds. The number of fused-ring (bicyclic) bond motifs is 2. The Labute approximate surface area is 198 Å². The van der Waals surface area contributed by atoms with Gasteiger partial charge in [0.2, 0.25) is 0 Å². The van der Waals surface area contributed by atoms with Crippen molar-refractivity contribution >= 4 is 29.3 Å². The van der Waals surface area contributed by atoms with E-state index in [0.29, 0.717) is 35.5 Å². The standard InChI is InChI=1S/C25H29N3O6/c1-14-8-15(2)10-17(9-14)27-25(32)26-16-4-7-21-19(11-16)24(31)28(3)20-6-5-18(12-23(29)30)34-22(20)13-33-21/h4,7-11,18,20,22H,5-6,12-13H2,1-3H3,(H,29,30)(H2,26,27,32)/t18-,20-,22-/m1/s1. The molecule has 4 rings (SSSR count). The number of carbonyl (C=O) groups excluding carboxylic acids is 2. The van der Waals surface area contributed by atoms with Crippen LogP contribution in [0.25, 0.3) is 0 Å². The number of nitrogens with one attached hydrogen (secondary N) is 2. The van der Waals surface area contributed by atoms with Gasteiger partial charge in [-0.25, -0.2) is 4.79 Å². The minimum absolute atomic E-state index is 0.0727. The predicted octanol–water partition coefficient (Wildman–Crippen LogP) is 3.80. The van der Waals surface area contributed by atoms with E-state index in [1.165, 1.54) is 0 Å². The van der Waals surface area contributed by atoms with Crippen molar-refractivity contribution in [2.24, 2.45) is 0 Å². The van der Waals surface area contributed by atoms with Crippen molar-refractivity contribution in [3.8, 4) is 5.75 Å². The van der Waals surface area contributed by atoms with Crippen LogP contribution in [0.2, 0.25) is 0 Å². The molecule has 0 saturated carbocycles. The van der Waals surface area contributed by atoms with Gasteiger partial charge >= 0.3 is 12.0 Å². The highest BCUT2D eigenvalue weighted by Crippen LogP contribution is 2.32. The number of benzene rings is 2. The van der Waals surface area contributed by atoms with Gasteiger partial charge in [0.25, 0.3) is 5.91 Å². The molecule has 9 heteroatoms. The number of nitrogens with zero attached hydrogens (tertiary/aromatic N) is 1. The van der Waals surface area contributed by atoms with Gasteiger partial charge in [0.15, 0.2) is 0 Å². The lowest BCUT2D eigenvalue weighted by Gasteiger charge is -2.42. The summed E-state index contributed by atoms with van der Waals surface area (Å²) in [7, 11) is 1.71. The highest BCUT2D eigenvalue weighted by atomic mass is 16.5. The van der Waals surface area contributed by atoms with Crippen LogP contribution in [0, 0.1) is 13.8 Å². The lowest BCUT2D eigenvalue weighted by molar-refractivity contribution is -0.148. The third-order valence-electron chi connectivity index (χ3n) is 6.15. The number of carboxylic acid groups (broad SMARTS) is 1. The molecule has 3 N–H and O–H groups in total. The summed E-state index contributed by atoms with van der Waals surface area (Å²) in [4.78, 5) is 38.5. The van der Waals surface area contributed by atoms with Crippen LogP contribution in [-0.2, 0) is 9.53 Å². The third kappa shape index (κ3) is 5.31. The van der Waals surface area contributed by atoms with Gasteiger partial charge in [0.05, 0.1) is 24.1 Å². The van der Waals surface area contributed by atoms with E-state index < -0.39 is 24.2 Å². The highest BCUT2D eigenvalue weighted by Gasteiger charge is 2.39. The number of carboxylic acids is 1. The number of carbonyl (C=O) groups is 3. The van der Waals surface area contributed by atoms with Crippen LogP contribution < -0.4 is 15.4 Å². The van der Waals surface area contributed by atoms with Crippen molar-refractivity contribution in [1.82, 2.24) is 4.90 Å². The van der Waals surface area contributed by atoms with E-state index in [4.69, 9.17) is 14.6 Å². The molecule has 2 heterocycles. The topological polar surface area (TPSA) is 117 Å². The first-order valence-corrected chi connectivity index (χ1v) is 11.3. The minimum Gasteiger partial charge on any atom is -0.490 e. The summed E-state index contributed by atoms with van der Waals surface area (Å²) in [5.74, 6) is -0.769. The lowest BCUT2D eigenvalue weighted by atomic mass is 9.94. The van der Waals surface area contributed by atoms with Crippen LogP contribution in [-0.4, -0.2) is 59.8 Å². The van der Waals surface area contributed by atoms with E-state index in [2.05, 4.69) is 10.6 Å². The molecular formula is C25H29N3O6. The minimum atomic E-state index is -0.911. The quantitative estimate of drug-likeness (QED) is 0.630. The molecular weight excluding hydrogens is 438 g/mol. The predicted molar refractivity (Wildman–Crippen MR) is 127 cm³/mol. The number of ether oxygens (including phenoxy) is 2. The molecule has 2 aliphatic rings. The van der Waals surface area contributed by atoms with Crippen molar-refractivity contribution < 1.29 is 29.0 Å². The summed E-state index contributed by atoms with van der Waals surface area (Å²) in [6.45, 7) is 4.12. The molecule has 3 atom stereocenters. The van der Waals surface area contributed by atoms with Crippen LogP contribution in [0.1, 0.15) is 40.7 Å². The summed E-state index contributed by atoms with van der Waals surface area (Å²) in [6.07, 6.45) is 0.294. The first kappa shape index (κ1) is 23.6. The Kier molecular flexibility index (Phi) is 6.74. The van der Waals surface area contributed by atoms with Gasteiger partial charge in [-0.15, -0.1) is 0 Å². The Morgan fingerprint density at radius 2 is 1.76 bits per heavy atom. The first-order chi connectivity index (χ1) is 16.2. The number of rotatable bonds is 4. The highest BCUT2D eigenvalue weighted by molar-refractivity contribution is 6.02. The molecule has 0 aromatic heterocycles. The SMILES string of the molecule is Cc1cc(C)cc(NC(=O)Nc2ccc3c(c2)C(=O)N(C)[C@@H]2CC[C@H](CC(=O)O)O[C@@H]2CO3)c1. The fourth-order valence-electron chi connectivity index (χ4n) is 4.64. The average molecular weight is 468 g/mol. The molecule has 2 aliphatic heterocycles. The fourth-order valence-corrected chi connectivity index (χ4v) is 4.64. The van der Waals surface area contributed by atoms with E-state index in [1.54, 1.807) is 30.1 Å². The van der Waals surface area contributed by atoms with Gasteiger partial charge in [0, 0.05) is 18.4 Å². The summed E-state index contributed by atoms with van der Waals surface area (Å²) < 4.78 is 11.9. The molecule has 180 valence electrons. The van der Waals surface area contributed by atoms with Crippen molar-refractivity contribution in [1.29, 1.82) is 0 Å². The smallest absolute Gasteiger partial charge is 0.323 e. The summed E-state index contributed by atoms with van der Waals surface area (Å²) >= 11 is 0. The number of likely N-dealkylation sites (N-methyl/N-ethyl adjacent to an activating group) is 1. The van der Waals surface area contributed by atoms with Gasteiger partial charge in [-0.05, 0) is 68.1 Å². The molecule has 9 nitrogen and oxygen atoms in total. The number of urea groups is 1. The molecule has 0 aliphatic carbocycles. The summed E-state index contributed by atoms with van der Waals surface area (Å²) in [5.41, 5.74) is 3.58. The van der Waals surface area contributed by atoms with Crippen LogP contribution in [0.15, 0.2) is 36.4 Å². The molecule has 2 aromatic carbocycles. The van der Waals surface area contributed by atoms with Gasteiger partial charge < -0.3 is 30.1 Å². The van der Waals surface area contributed by atoms with E-state index in [1.807, 2.05) is 32.0 Å². The fraction of sp³-hybridized carbons (Fsp3) is 0.400. The largest absolute Gasteiger partial charge is 0.490 e. The summed E-state index contributed by atoms with van der Waals surface area (Å²) in [5, 5.41) is 14.7. The number of anilines is 2. The zero-order chi connectivity index (χ0) is 24.4. The maximum Gasteiger partial charge on any atom is 0.323 e. The molecule has 0 radical (unpaired) electrons. The Morgan fingerprint density at radius 1 is 1.06 bits per heavy atom. The maximum atomic E-state index is 13.3. The molecule has 34 heavy (non-hydrogen) atoms. The van der Waals surface area contributed by atoms with E-state index in [-0.39, 0.29) is 25.0 Å². The normalized spacial score (nSPS) is 21.9.